The molecule has 0 fully saturated rings. The number of fused-ring (bicyclic) bond motifs is 1. The molecular formula is C23H34N2O4. The van der Waals surface area contributed by atoms with Crippen LogP contribution in [0.3, 0.4) is 0 Å². The summed E-state index contributed by atoms with van der Waals surface area (Å²) in [7, 11) is 0. The Morgan fingerprint density at radius 2 is 1.72 bits per heavy atom. The molecule has 0 radical (unpaired) electrons. The lowest BCUT2D eigenvalue weighted by atomic mass is 10.1. The van der Waals surface area contributed by atoms with Crippen molar-refractivity contribution in [2.24, 2.45) is 0 Å². The molecule has 1 heterocycles. The second kappa shape index (κ2) is 12.2. The quantitative estimate of drug-likeness (QED) is 0.395. The molecule has 0 aliphatic carbocycles. The zero-order valence-corrected chi connectivity index (χ0v) is 17.8. The van der Waals surface area contributed by atoms with E-state index in [2.05, 4.69) is 12.2 Å². The standard InChI is InChI=1S/C23H34N2O4/c1-3-5-6-7-8-9-10-11-14-24-22(27)16-25-19-15-18(20(26)4-2)12-13-21(19)29-17-23(25)28/h12-13,15H,3-11,14,16-17H2,1-2H3,(H,24,27). The van der Waals surface area contributed by atoms with Gasteiger partial charge in [-0.15, -0.1) is 0 Å². The fourth-order valence-corrected chi connectivity index (χ4v) is 3.44. The number of benzene rings is 1. The van der Waals surface area contributed by atoms with Crippen molar-refractivity contribution in [2.45, 2.75) is 71.6 Å². The van der Waals surface area contributed by atoms with Crippen LogP contribution in [0.2, 0.25) is 0 Å². The summed E-state index contributed by atoms with van der Waals surface area (Å²) in [5, 5.41) is 2.90. The molecule has 6 heteroatoms. The number of rotatable bonds is 13. The molecule has 6 nitrogen and oxygen atoms in total. The highest BCUT2D eigenvalue weighted by Gasteiger charge is 2.28. The third kappa shape index (κ3) is 7.18. The van der Waals surface area contributed by atoms with Crippen molar-refractivity contribution < 1.29 is 19.1 Å². The molecule has 1 aliphatic rings. The summed E-state index contributed by atoms with van der Waals surface area (Å²) in [5.41, 5.74) is 1.01. The molecule has 2 rings (SSSR count). The predicted octanol–water partition coefficient (Wildman–Crippen LogP) is 4.26. The predicted molar refractivity (Wildman–Crippen MR) is 115 cm³/mol. The Morgan fingerprint density at radius 3 is 2.41 bits per heavy atom. The van der Waals surface area contributed by atoms with Crippen LogP contribution in [0.5, 0.6) is 5.75 Å². The number of anilines is 1. The lowest BCUT2D eigenvalue weighted by molar-refractivity contribution is -0.125. The molecule has 0 atom stereocenters. The molecule has 1 N–H and O–H groups in total. The van der Waals surface area contributed by atoms with Crippen molar-refractivity contribution in [3.8, 4) is 5.75 Å². The second-order valence-corrected chi connectivity index (χ2v) is 7.55. The Labute approximate surface area is 174 Å². The van der Waals surface area contributed by atoms with Gasteiger partial charge in [0.25, 0.3) is 5.91 Å². The van der Waals surface area contributed by atoms with E-state index in [1.807, 2.05) is 0 Å². The normalized spacial score (nSPS) is 13.0. The molecule has 1 aromatic carbocycles. The molecule has 0 spiro atoms. The maximum absolute atomic E-state index is 12.3. The number of nitrogens with one attached hydrogen (secondary N) is 1. The Kier molecular flexibility index (Phi) is 9.68. The molecule has 1 aliphatic heterocycles. The van der Waals surface area contributed by atoms with E-state index in [1.165, 1.54) is 43.4 Å². The minimum absolute atomic E-state index is 0.00934. The van der Waals surface area contributed by atoms with Gasteiger partial charge in [-0.05, 0) is 24.6 Å². The summed E-state index contributed by atoms with van der Waals surface area (Å²) in [6.07, 6.45) is 10.1. The average molecular weight is 403 g/mol. The van der Waals surface area contributed by atoms with Gasteiger partial charge in [0, 0.05) is 18.5 Å². The Balaban J connectivity index is 1.80. The van der Waals surface area contributed by atoms with Gasteiger partial charge in [-0.3, -0.25) is 19.3 Å². The van der Waals surface area contributed by atoms with Gasteiger partial charge in [0.1, 0.15) is 12.3 Å². The van der Waals surface area contributed by atoms with Gasteiger partial charge < -0.3 is 10.1 Å². The Bertz CT molecular complexity index is 702. The van der Waals surface area contributed by atoms with Crippen LogP contribution in [0.4, 0.5) is 5.69 Å². The summed E-state index contributed by atoms with van der Waals surface area (Å²) in [5.74, 6) is 0.0419. The number of amides is 2. The van der Waals surface area contributed by atoms with Crippen molar-refractivity contribution in [2.75, 3.05) is 24.6 Å². The smallest absolute Gasteiger partial charge is 0.265 e. The van der Waals surface area contributed by atoms with E-state index in [0.29, 0.717) is 30.0 Å². The first-order valence-corrected chi connectivity index (χ1v) is 10.9. The lowest BCUT2D eigenvalue weighted by Gasteiger charge is -2.29. The summed E-state index contributed by atoms with van der Waals surface area (Å²) < 4.78 is 5.44. The minimum atomic E-state index is -0.277. The highest BCUT2D eigenvalue weighted by molar-refractivity contribution is 6.04. The maximum Gasteiger partial charge on any atom is 0.265 e. The molecule has 0 bridgehead atoms. The highest BCUT2D eigenvalue weighted by atomic mass is 16.5. The number of hydrogen-bond acceptors (Lipinski definition) is 4. The van der Waals surface area contributed by atoms with Crippen molar-refractivity contribution in [1.82, 2.24) is 5.32 Å². The largest absolute Gasteiger partial charge is 0.482 e. The van der Waals surface area contributed by atoms with E-state index in [1.54, 1.807) is 25.1 Å². The third-order valence-electron chi connectivity index (χ3n) is 5.20. The summed E-state index contributed by atoms with van der Waals surface area (Å²) in [6.45, 7) is 4.47. The fraction of sp³-hybridized carbons (Fsp3) is 0.609. The first-order chi connectivity index (χ1) is 14.1. The van der Waals surface area contributed by atoms with Crippen LogP contribution < -0.4 is 15.0 Å². The summed E-state index contributed by atoms with van der Waals surface area (Å²) >= 11 is 0. The zero-order valence-electron chi connectivity index (χ0n) is 17.8. The first kappa shape index (κ1) is 22.9. The van der Waals surface area contributed by atoms with Crippen LogP contribution >= 0.6 is 0 Å². The molecule has 2 amide bonds. The molecule has 0 aromatic heterocycles. The number of Topliss-reactive ketones (excluding diaryl/α,β-unsaturated/α-hetero) is 1. The topological polar surface area (TPSA) is 75.7 Å². The van der Waals surface area contributed by atoms with Gasteiger partial charge in [-0.2, -0.15) is 0 Å². The van der Waals surface area contributed by atoms with E-state index in [9.17, 15) is 14.4 Å². The molecule has 0 saturated heterocycles. The Hall–Kier alpha value is -2.37. The number of carbonyl (C=O) groups excluding carboxylic acids is 3. The van der Waals surface area contributed by atoms with Crippen molar-refractivity contribution in [3.63, 3.8) is 0 Å². The van der Waals surface area contributed by atoms with Crippen LogP contribution in [0.25, 0.3) is 0 Å². The van der Waals surface area contributed by atoms with E-state index in [4.69, 9.17) is 4.74 Å². The van der Waals surface area contributed by atoms with Gasteiger partial charge in [-0.1, -0.05) is 58.8 Å². The minimum Gasteiger partial charge on any atom is -0.482 e. The number of nitrogens with zero attached hydrogens (tertiary/aromatic N) is 1. The van der Waals surface area contributed by atoms with Crippen molar-refractivity contribution in [1.29, 1.82) is 0 Å². The number of hydrogen-bond donors (Lipinski definition) is 1. The lowest BCUT2D eigenvalue weighted by Crippen LogP contribution is -2.45. The van der Waals surface area contributed by atoms with E-state index < -0.39 is 0 Å². The Morgan fingerprint density at radius 1 is 1.03 bits per heavy atom. The summed E-state index contributed by atoms with van der Waals surface area (Å²) in [4.78, 5) is 38.0. The van der Waals surface area contributed by atoms with Crippen LogP contribution in [0.15, 0.2) is 18.2 Å². The fourth-order valence-electron chi connectivity index (χ4n) is 3.44. The van der Waals surface area contributed by atoms with Crippen molar-refractivity contribution >= 4 is 23.3 Å². The second-order valence-electron chi connectivity index (χ2n) is 7.55. The molecule has 29 heavy (non-hydrogen) atoms. The van der Waals surface area contributed by atoms with Gasteiger partial charge in [0.2, 0.25) is 5.91 Å². The maximum atomic E-state index is 12.3. The van der Waals surface area contributed by atoms with Gasteiger partial charge in [0.05, 0.1) is 5.69 Å². The number of unbranched alkanes of at least 4 members (excludes halogenated alkanes) is 7. The zero-order chi connectivity index (χ0) is 21.1. The number of ether oxygens (including phenoxy) is 1. The van der Waals surface area contributed by atoms with E-state index >= 15 is 0 Å². The van der Waals surface area contributed by atoms with E-state index in [0.717, 1.165) is 12.8 Å². The third-order valence-corrected chi connectivity index (χ3v) is 5.20. The number of carbonyl (C=O) groups is 3. The van der Waals surface area contributed by atoms with Crippen molar-refractivity contribution in [3.05, 3.63) is 23.8 Å². The van der Waals surface area contributed by atoms with Crippen LogP contribution in [-0.2, 0) is 9.59 Å². The molecule has 0 unspecified atom stereocenters. The highest BCUT2D eigenvalue weighted by Crippen LogP contribution is 2.33. The van der Waals surface area contributed by atoms with Gasteiger partial charge in [0.15, 0.2) is 12.4 Å². The molecule has 1 aromatic rings. The molecular weight excluding hydrogens is 368 g/mol. The van der Waals surface area contributed by atoms with Crippen LogP contribution in [0.1, 0.15) is 82.0 Å². The van der Waals surface area contributed by atoms with E-state index in [-0.39, 0.29) is 30.7 Å². The molecule has 0 saturated carbocycles. The summed E-state index contributed by atoms with van der Waals surface area (Å²) in [6, 6.07) is 5.03. The van der Waals surface area contributed by atoms with Gasteiger partial charge in [-0.25, -0.2) is 0 Å². The monoisotopic (exact) mass is 402 g/mol. The number of ketones is 1. The van der Waals surface area contributed by atoms with Gasteiger partial charge >= 0.3 is 0 Å². The van der Waals surface area contributed by atoms with Crippen LogP contribution in [0, 0.1) is 0 Å². The average Bonchev–Trinajstić information content (AvgIpc) is 2.73. The SMILES string of the molecule is CCCCCCCCCCNC(=O)CN1C(=O)COc2ccc(C(=O)CC)cc21. The van der Waals surface area contributed by atoms with Crippen LogP contribution in [-0.4, -0.2) is 37.3 Å². The first-order valence-electron chi connectivity index (χ1n) is 10.9. The molecule has 160 valence electrons.